The molecule has 1 aromatic rings. The lowest BCUT2D eigenvalue weighted by Gasteiger charge is -2.53. The second-order valence-electron chi connectivity index (χ2n) is 7.75. The van der Waals surface area contributed by atoms with Crippen molar-refractivity contribution in [2.24, 2.45) is 17.3 Å². The van der Waals surface area contributed by atoms with Crippen LogP contribution in [0.3, 0.4) is 0 Å². The molecular formula is C22H28O2. The molecule has 24 heavy (non-hydrogen) atoms. The third-order valence-corrected chi connectivity index (χ3v) is 6.88. The highest BCUT2D eigenvalue weighted by Crippen LogP contribution is 2.58. The van der Waals surface area contributed by atoms with Crippen LogP contribution in [0.2, 0.25) is 0 Å². The van der Waals surface area contributed by atoms with Crippen molar-refractivity contribution in [3.8, 4) is 18.6 Å². The number of methoxy groups -OCH3 is 1. The Kier molecular flexibility index (Phi) is 4.72. The third-order valence-electron chi connectivity index (χ3n) is 6.88. The number of ether oxygens (including phenoxy) is 1. The third kappa shape index (κ3) is 2.55. The van der Waals surface area contributed by atoms with E-state index < -0.39 is 0 Å². The Morgan fingerprint density at radius 2 is 1.96 bits per heavy atom. The molecular weight excluding hydrogens is 296 g/mol. The fourth-order valence-electron chi connectivity index (χ4n) is 5.65. The summed E-state index contributed by atoms with van der Waals surface area (Å²) in [6, 6.07) is 6.63. The Labute approximate surface area is 146 Å². The second kappa shape index (κ2) is 6.63. The molecule has 4 atom stereocenters. The predicted octanol–water partition coefficient (Wildman–Crippen LogP) is 4.76. The Balaban J connectivity index is 0.000000815. The van der Waals surface area contributed by atoms with Crippen molar-refractivity contribution in [2.45, 2.75) is 57.8 Å². The molecule has 0 spiro atoms. The molecule has 0 aliphatic heterocycles. The van der Waals surface area contributed by atoms with Gasteiger partial charge in [-0.15, -0.1) is 12.8 Å². The van der Waals surface area contributed by atoms with Crippen molar-refractivity contribution in [3.05, 3.63) is 29.3 Å². The number of aryl methyl sites for hydroxylation is 1. The van der Waals surface area contributed by atoms with E-state index in [4.69, 9.17) is 4.74 Å². The molecule has 2 saturated carbocycles. The summed E-state index contributed by atoms with van der Waals surface area (Å²) >= 11 is 0. The van der Waals surface area contributed by atoms with Crippen molar-refractivity contribution < 1.29 is 9.53 Å². The van der Waals surface area contributed by atoms with E-state index in [1.54, 1.807) is 7.11 Å². The van der Waals surface area contributed by atoms with Crippen LogP contribution in [0.1, 0.15) is 62.5 Å². The van der Waals surface area contributed by atoms with Gasteiger partial charge in [-0.2, -0.15) is 0 Å². The molecule has 0 saturated heterocycles. The number of Topliss-reactive ketones (excluding diaryl/α,β-unsaturated/α-hetero) is 1. The lowest BCUT2D eigenvalue weighted by Crippen LogP contribution is -2.49. The van der Waals surface area contributed by atoms with E-state index in [0.717, 1.165) is 31.4 Å². The zero-order valence-corrected chi connectivity index (χ0v) is 14.9. The number of fused-ring (bicyclic) bond motifs is 5. The fourth-order valence-corrected chi connectivity index (χ4v) is 5.65. The Morgan fingerprint density at radius 1 is 1.17 bits per heavy atom. The minimum Gasteiger partial charge on any atom is -0.497 e. The van der Waals surface area contributed by atoms with Gasteiger partial charge in [-0.25, -0.2) is 0 Å². The van der Waals surface area contributed by atoms with E-state index in [1.165, 1.54) is 30.4 Å². The van der Waals surface area contributed by atoms with Crippen LogP contribution in [0.4, 0.5) is 0 Å². The topological polar surface area (TPSA) is 26.3 Å². The van der Waals surface area contributed by atoms with Gasteiger partial charge in [-0.1, -0.05) is 13.0 Å². The number of rotatable bonds is 1. The Morgan fingerprint density at radius 3 is 2.71 bits per heavy atom. The van der Waals surface area contributed by atoms with Gasteiger partial charge in [0.25, 0.3) is 0 Å². The van der Waals surface area contributed by atoms with E-state index in [9.17, 15) is 4.79 Å². The van der Waals surface area contributed by atoms with Crippen LogP contribution < -0.4 is 4.74 Å². The first-order valence-corrected chi connectivity index (χ1v) is 9.17. The number of hydrogen-bond acceptors (Lipinski definition) is 2. The quantitative estimate of drug-likeness (QED) is 0.696. The number of terminal acetylenes is 1. The van der Waals surface area contributed by atoms with Crippen molar-refractivity contribution in [1.29, 1.82) is 0 Å². The summed E-state index contributed by atoms with van der Waals surface area (Å²) in [7, 11) is 1.74. The zero-order valence-electron chi connectivity index (χ0n) is 14.9. The summed E-state index contributed by atoms with van der Waals surface area (Å²) in [6.07, 6.45) is 15.9. The molecule has 0 aromatic heterocycles. The Bertz CT molecular complexity index is 645. The van der Waals surface area contributed by atoms with Crippen LogP contribution in [0.15, 0.2) is 18.2 Å². The van der Waals surface area contributed by atoms with Crippen LogP contribution in [0.25, 0.3) is 0 Å². The number of ketones is 1. The van der Waals surface area contributed by atoms with Crippen LogP contribution in [0, 0.1) is 30.1 Å². The minimum absolute atomic E-state index is 0.0244. The van der Waals surface area contributed by atoms with E-state index in [0.29, 0.717) is 23.5 Å². The summed E-state index contributed by atoms with van der Waals surface area (Å²) in [5.41, 5.74) is 2.99. The highest BCUT2D eigenvalue weighted by atomic mass is 16.5. The highest BCUT2D eigenvalue weighted by molar-refractivity contribution is 5.85. The molecule has 0 N–H and O–H groups in total. The number of hydrogen-bond donors (Lipinski definition) is 0. The molecule has 0 amide bonds. The van der Waals surface area contributed by atoms with Gasteiger partial charge in [-0.3, -0.25) is 4.79 Å². The summed E-state index contributed by atoms with van der Waals surface area (Å²) in [5, 5.41) is 0. The number of carbonyl (C=O) groups excluding carboxylic acids is 1. The zero-order chi connectivity index (χ0) is 17.3. The van der Waals surface area contributed by atoms with E-state index in [2.05, 4.69) is 38.0 Å². The largest absolute Gasteiger partial charge is 0.497 e. The van der Waals surface area contributed by atoms with Crippen molar-refractivity contribution in [2.75, 3.05) is 7.11 Å². The van der Waals surface area contributed by atoms with Crippen LogP contribution in [0.5, 0.6) is 5.75 Å². The summed E-state index contributed by atoms with van der Waals surface area (Å²) in [4.78, 5) is 12.5. The van der Waals surface area contributed by atoms with Gasteiger partial charge in [0.15, 0.2) is 0 Å². The predicted molar refractivity (Wildman–Crippen MR) is 97.1 cm³/mol. The van der Waals surface area contributed by atoms with Crippen molar-refractivity contribution in [1.82, 2.24) is 0 Å². The first-order chi connectivity index (χ1) is 11.6. The minimum atomic E-state index is -0.0244. The molecule has 0 heterocycles. The summed E-state index contributed by atoms with van der Waals surface area (Å²) < 4.78 is 5.39. The smallest absolute Gasteiger partial charge is 0.139 e. The maximum absolute atomic E-state index is 12.5. The van der Waals surface area contributed by atoms with Gasteiger partial charge < -0.3 is 4.74 Å². The maximum Gasteiger partial charge on any atom is 0.139 e. The molecule has 4 rings (SSSR count). The average molecular weight is 324 g/mol. The molecule has 1 aromatic carbocycles. The average Bonchev–Trinajstić information content (AvgIpc) is 2.63. The Hall–Kier alpha value is -1.75. The van der Waals surface area contributed by atoms with Crippen LogP contribution in [-0.4, -0.2) is 12.9 Å². The lowest BCUT2D eigenvalue weighted by molar-refractivity contribution is -0.140. The van der Waals surface area contributed by atoms with Crippen molar-refractivity contribution in [3.63, 3.8) is 0 Å². The second-order valence-corrected chi connectivity index (χ2v) is 7.75. The normalized spacial score (nSPS) is 34.0. The molecule has 0 bridgehead atoms. The monoisotopic (exact) mass is 324 g/mol. The lowest BCUT2D eigenvalue weighted by atomic mass is 9.50. The summed E-state index contributed by atoms with van der Waals surface area (Å²) in [6.45, 7) is 2.26. The maximum atomic E-state index is 12.5. The molecule has 128 valence electrons. The molecule has 2 fully saturated rings. The SMILES string of the molecule is C#C.COc1ccc2c(c1)CCC1C2CCC2(C)C(=O)CCCC12. The van der Waals surface area contributed by atoms with E-state index in [-0.39, 0.29) is 5.41 Å². The molecule has 3 aliphatic carbocycles. The van der Waals surface area contributed by atoms with Crippen molar-refractivity contribution >= 4 is 5.78 Å². The molecule has 2 heteroatoms. The van der Waals surface area contributed by atoms with Gasteiger partial charge >= 0.3 is 0 Å². The van der Waals surface area contributed by atoms with Gasteiger partial charge in [-0.05, 0) is 79.5 Å². The molecule has 4 unspecified atom stereocenters. The van der Waals surface area contributed by atoms with Gasteiger partial charge in [0.1, 0.15) is 11.5 Å². The summed E-state index contributed by atoms with van der Waals surface area (Å²) in [5.74, 6) is 3.51. The van der Waals surface area contributed by atoms with Gasteiger partial charge in [0.2, 0.25) is 0 Å². The van der Waals surface area contributed by atoms with E-state index in [1.807, 2.05) is 0 Å². The standard InChI is InChI=1S/C20H26O2.C2H2/c1-20-11-10-16-15-9-7-14(22-2)12-13(15)6-8-17(16)18(20)4-3-5-19(20)21;1-2/h7,9,12,16-18H,3-6,8,10-11H2,1-2H3;1-2H. The first-order valence-electron chi connectivity index (χ1n) is 9.17. The molecule has 0 radical (unpaired) electrons. The fraction of sp³-hybridized carbons (Fsp3) is 0.591. The molecule has 3 aliphatic rings. The van der Waals surface area contributed by atoms with Gasteiger partial charge in [0.05, 0.1) is 7.11 Å². The number of benzene rings is 1. The molecule has 2 nitrogen and oxygen atoms in total. The van der Waals surface area contributed by atoms with Crippen LogP contribution in [-0.2, 0) is 11.2 Å². The van der Waals surface area contributed by atoms with Crippen LogP contribution >= 0.6 is 0 Å². The first kappa shape index (κ1) is 17.1. The highest BCUT2D eigenvalue weighted by Gasteiger charge is 2.52. The van der Waals surface area contributed by atoms with Gasteiger partial charge in [0, 0.05) is 11.8 Å². The van der Waals surface area contributed by atoms with E-state index >= 15 is 0 Å². The number of carbonyl (C=O) groups is 1.